The molecule has 3 heterocycles. The molecule has 2 aromatic rings. The van der Waals surface area contributed by atoms with Crippen LogP contribution in [-0.4, -0.2) is 43.0 Å². The average molecular weight is 465 g/mol. The third-order valence-corrected chi connectivity index (χ3v) is 6.92. The van der Waals surface area contributed by atoms with E-state index >= 15 is 0 Å². The second kappa shape index (κ2) is 9.63. The summed E-state index contributed by atoms with van der Waals surface area (Å²) < 4.78 is 10.8. The Bertz CT molecular complexity index is 918. The zero-order chi connectivity index (χ0) is 21.8. The lowest BCUT2D eigenvalue weighted by atomic mass is 9.72. The zero-order valence-corrected chi connectivity index (χ0v) is 18.8. The largest absolute Gasteiger partial charge is 0.467 e. The van der Waals surface area contributed by atoms with Crippen LogP contribution in [0.3, 0.4) is 0 Å². The molecule has 8 heteroatoms. The van der Waals surface area contributed by atoms with Crippen LogP contribution in [0.2, 0.25) is 10.0 Å². The van der Waals surface area contributed by atoms with Gasteiger partial charge in [0.15, 0.2) is 0 Å². The molecule has 2 fully saturated rings. The van der Waals surface area contributed by atoms with Crippen molar-refractivity contribution in [3.05, 3.63) is 58.0 Å². The van der Waals surface area contributed by atoms with Crippen molar-refractivity contribution in [2.75, 3.05) is 26.3 Å². The third kappa shape index (κ3) is 4.76. The van der Waals surface area contributed by atoms with Crippen LogP contribution in [0.4, 0.5) is 0 Å². The fourth-order valence-corrected chi connectivity index (χ4v) is 5.16. The van der Waals surface area contributed by atoms with E-state index in [2.05, 4.69) is 5.32 Å². The number of carbonyl (C=O) groups excluding carboxylic acids is 2. The maximum Gasteiger partial charge on any atom is 0.233 e. The van der Waals surface area contributed by atoms with E-state index < -0.39 is 5.41 Å². The number of ether oxygens (including phenoxy) is 1. The van der Waals surface area contributed by atoms with Gasteiger partial charge < -0.3 is 19.4 Å². The molecule has 2 aliphatic heterocycles. The number of carbonyl (C=O) groups is 2. The fourth-order valence-electron chi connectivity index (χ4n) is 4.58. The minimum Gasteiger partial charge on any atom is -0.467 e. The fraction of sp³-hybridized carbons (Fsp3) is 0.478. The number of piperidine rings is 1. The molecule has 0 saturated carbocycles. The molecular weight excluding hydrogens is 439 g/mol. The van der Waals surface area contributed by atoms with Gasteiger partial charge in [0.25, 0.3) is 0 Å². The summed E-state index contributed by atoms with van der Waals surface area (Å²) in [6.07, 6.45) is 4.02. The number of nitrogens with one attached hydrogen (secondary N) is 1. The average Bonchev–Trinajstić information content (AvgIpc) is 3.31. The second-order valence-electron chi connectivity index (χ2n) is 8.18. The Morgan fingerprint density at radius 3 is 2.52 bits per heavy atom. The molecule has 166 valence electrons. The molecule has 0 aliphatic carbocycles. The molecule has 31 heavy (non-hydrogen) atoms. The summed E-state index contributed by atoms with van der Waals surface area (Å²) in [4.78, 5) is 28.1. The third-order valence-electron chi connectivity index (χ3n) is 6.37. The molecule has 1 aromatic heterocycles. The number of hydrogen-bond acceptors (Lipinski definition) is 4. The van der Waals surface area contributed by atoms with Crippen LogP contribution in [-0.2, 0) is 26.3 Å². The number of likely N-dealkylation sites (tertiary alicyclic amines) is 1. The molecule has 0 bridgehead atoms. The SMILES string of the molecule is O=C(NCc1ccco1)C1CCN(C(=O)C2(c3ccc(Cl)cc3Cl)CCOCC2)CC1. The van der Waals surface area contributed by atoms with Gasteiger partial charge in [0, 0.05) is 42.3 Å². The van der Waals surface area contributed by atoms with Crippen molar-refractivity contribution in [3.8, 4) is 0 Å². The Morgan fingerprint density at radius 1 is 1.13 bits per heavy atom. The topological polar surface area (TPSA) is 71.8 Å². The van der Waals surface area contributed by atoms with Crippen LogP contribution in [0, 0.1) is 5.92 Å². The van der Waals surface area contributed by atoms with Crippen molar-refractivity contribution in [2.45, 2.75) is 37.6 Å². The van der Waals surface area contributed by atoms with Gasteiger partial charge in [-0.05, 0) is 55.5 Å². The van der Waals surface area contributed by atoms with Crippen LogP contribution < -0.4 is 5.32 Å². The predicted molar refractivity (Wildman–Crippen MR) is 118 cm³/mol. The highest BCUT2D eigenvalue weighted by Crippen LogP contribution is 2.41. The molecule has 0 atom stereocenters. The summed E-state index contributed by atoms with van der Waals surface area (Å²) in [6, 6.07) is 8.96. The van der Waals surface area contributed by atoms with Crippen molar-refractivity contribution in [1.29, 1.82) is 0 Å². The summed E-state index contributed by atoms with van der Waals surface area (Å²) in [7, 11) is 0. The first-order valence-corrected chi connectivity index (χ1v) is 11.4. The number of furan rings is 1. The first kappa shape index (κ1) is 22.2. The van der Waals surface area contributed by atoms with E-state index in [4.69, 9.17) is 32.4 Å². The van der Waals surface area contributed by atoms with Crippen molar-refractivity contribution >= 4 is 35.0 Å². The summed E-state index contributed by atoms with van der Waals surface area (Å²) in [6.45, 7) is 2.49. The molecule has 2 aliphatic rings. The Labute approximate surface area is 191 Å². The smallest absolute Gasteiger partial charge is 0.233 e. The lowest BCUT2D eigenvalue weighted by molar-refractivity contribution is -0.144. The maximum absolute atomic E-state index is 13.7. The van der Waals surface area contributed by atoms with Gasteiger partial charge in [-0.1, -0.05) is 29.3 Å². The van der Waals surface area contributed by atoms with Gasteiger partial charge in [-0.2, -0.15) is 0 Å². The van der Waals surface area contributed by atoms with Gasteiger partial charge in [-0.15, -0.1) is 0 Å². The minimum absolute atomic E-state index is 0.00465. The number of nitrogens with zero attached hydrogens (tertiary/aromatic N) is 1. The van der Waals surface area contributed by atoms with E-state index in [1.807, 2.05) is 17.0 Å². The molecule has 1 aromatic carbocycles. The van der Waals surface area contributed by atoms with E-state index in [-0.39, 0.29) is 17.7 Å². The van der Waals surface area contributed by atoms with Crippen LogP contribution in [0.15, 0.2) is 41.0 Å². The monoisotopic (exact) mass is 464 g/mol. The second-order valence-corrected chi connectivity index (χ2v) is 9.03. The van der Waals surface area contributed by atoms with Gasteiger partial charge in [-0.25, -0.2) is 0 Å². The van der Waals surface area contributed by atoms with Crippen molar-refractivity contribution in [3.63, 3.8) is 0 Å². The van der Waals surface area contributed by atoms with Crippen molar-refractivity contribution < 1.29 is 18.7 Å². The molecule has 6 nitrogen and oxygen atoms in total. The first-order chi connectivity index (χ1) is 15.0. The van der Waals surface area contributed by atoms with Crippen molar-refractivity contribution in [1.82, 2.24) is 10.2 Å². The highest BCUT2D eigenvalue weighted by molar-refractivity contribution is 6.35. The molecule has 0 radical (unpaired) electrons. The Balaban J connectivity index is 1.42. The molecule has 2 amide bonds. The van der Waals surface area contributed by atoms with Crippen LogP contribution >= 0.6 is 23.2 Å². The Hall–Kier alpha value is -2.02. The summed E-state index contributed by atoms with van der Waals surface area (Å²) >= 11 is 12.6. The highest BCUT2D eigenvalue weighted by Gasteiger charge is 2.46. The lowest BCUT2D eigenvalue weighted by Gasteiger charge is -2.42. The van der Waals surface area contributed by atoms with E-state index in [1.54, 1.807) is 24.5 Å². The summed E-state index contributed by atoms with van der Waals surface area (Å²) in [5, 5.41) is 3.98. The van der Waals surface area contributed by atoms with Gasteiger partial charge in [-0.3, -0.25) is 9.59 Å². The highest BCUT2D eigenvalue weighted by atomic mass is 35.5. The zero-order valence-electron chi connectivity index (χ0n) is 17.2. The predicted octanol–water partition coefficient (Wildman–Crippen LogP) is 4.19. The van der Waals surface area contributed by atoms with Gasteiger partial charge in [0.2, 0.25) is 11.8 Å². The standard InChI is InChI=1S/C23H26Cl2N2O4/c24-17-3-4-19(20(25)14-17)23(7-12-30-13-8-23)22(29)27-9-5-16(6-10-27)21(28)26-15-18-2-1-11-31-18/h1-4,11,14,16H,5-10,12-13,15H2,(H,26,28). The molecular formula is C23H26Cl2N2O4. The van der Waals surface area contributed by atoms with Gasteiger partial charge in [0.05, 0.1) is 18.2 Å². The number of amides is 2. The summed E-state index contributed by atoms with van der Waals surface area (Å²) in [5.74, 6) is 0.686. The maximum atomic E-state index is 13.7. The Morgan fingerprint density at radius 2 is 1.87 bits per heavy atom. The van der Waals surface area contributed by atoms with E-state index in [1.165, 1.54) is 0 Å². The van der Waals surface area contributed by atoms with Gasteiger partial charge >= 0.3 is 0 Å². The Kier molecular flexibility index (Phi) is 6.89. The molecule has 4 rings (SSSR count). The normalized spacial score (nSPS) is 19.2. The van der Waals surface area contributed by atoms with E-state index in [0.717, 1.165) is 11.3 Å². The van der Waals surface area contributed by atoms with E-state index in [9.17, 15) is 9.59 Å². The summed E-state index contributed by atoms with van der Waals surface area (Å²) in [5.41, 5.74) is 0.0964. The minimum atomic E-state index is -0.714. The van der Waals surface area contributed by atoms with Crippen LogP contribution in [0.5, 0.6) is 0 Å². The number of benzene rings is 1. The van der Waals surface area contributed by atoms with Crippen LogP contribution in [0.25, 0.3) is 0 Å². The lowest BCUT2D eigenvalue weighted by Crippen LogP contribution is -2.53. The molecule has 2 saturated heterocycles. The number of rotatable bonds is 5. The number of halogens is 2. The molecule has 1 N–H and O–H groups in total. The molecule has 0 unspecified atom stereocenters. The molecule has 0 spiro atoms. The first-order valence-electron chi connectivity index (χ1n) is 10.6. The van der Waals surface area contributed by atoms with Crippen molar-refractivity contribution in [2.24, 2.45) is 5.92 Å². The quantitative estimate of drug-likeness (QED) is 0.719. The van der Waals surface area contributed by atoms with Crippen LogP contribution in [0.1, 0.15) is 37.0 Å². The number of hydrogen-bond donors (Lipinski definition) is 1. The van der Waals surface area contributed by atoms with E-state index in [0.29, 0.717) is 68.6 Å². The van der Waals surface area contributed by atoms with Gasteiger partial charge in [0.1, 0.15) is 5.76 Å².